The Balaban J connectivity index is 2.57. The molecule has 0 saturated heterocycles. The molecule has 0 aliphatic carbocycles. The molecule has 1 aromatic rings. The van der Waals surface area contributed by atoms with E-state index < -0.39 is 0 Å². The maximum atomic E-state index is 13.0. The highest BCUT2D eigenvalue weighted by molar-refractivity contribution is 5.19. The summed E-state index contributed by atoms with van der Waals surface area (Å²) in [7, 11) is 1.93. The van der Waals surface area contributed by atoms with Crippen LogP contribution in [0.1, 0.15) is 44.2 Å². The van der Waals surface area contributed by atoms with E-state index in [9.17, 15) is 4.39 Å². The Morgan fingerprint density at radius 3 is 2.73 bits per heavy atom. The molecule has 1 rings (SSSR count). The van der Waals surface area contributed by atoms with Gasteiger partial charge in [-0.15, -0.1) is 0 Å². The van der Waals surface area contributed by atoms with Crippen LogP contribution in [0.5, 0.6) is 0 Å². The van der Waals surface area contributed by atoms with Crippen LogP contribution in [-0.2, 0) is 0 Å². The number of hydrogen-bond donors (Lipinski definition) is 1. The first-order chi connectivity index (χ1) is 7.27. The van der Waals surface area contributed by atoms with Crippen LogP contribution in [-0.4, -0.2) is 7.05 Å². The summed E-state index contributed by atoms with van der Waals surface area (Å²) < 4.78 is 13.0. The summed E-state index contributed by atoms with van der Waals surface area (Å²) >= 11 is 0. The number of rotatable bonds is 6. The van der Waals surface area contributed by atoms with E-state index in [1.807, 2.05) is 13.1 Å². The Morgan fingerprint density at radius 1 is 1.33 bits per heavy atom. The first-order valence-corrected chi connectivity index (χ1v) is 5.70. The summed E-state index contributed by atoms with van der Waals surface area (Å²) in [4.78, 5) is 0. The van der Waals surface area contributed by atoms with Crippen LogP contribution in [0.15, 0.2) is 24.3 Å². The van der Waals surface area contributed by atoms with Gasteiger partial charge in [0.05, 0.1) is 0 Å². The molecule has 0 spiro atoms. The van der Waals surface area contributed by atoms with Crippen LogP contribution < -0.4 is 5.32 Å². The third-order valence-electron chi connectivity index (χ3n) is 2.70. The van der Waals surface area contributed by atoms with E-state index in [1.54, 1.807) is 12.1 Å². The molecule has 0 amide bonds. The molecule has 1 N–H and O–H groups in total. The van der Waals surface area contributed by atoms with E-state index in [4.69, 9.17) is 0 Å². The van der Waals surface area contributed by atoms with Gasteiger partial charge in [-0.3, -0.25) is 0 Å². The standard InChI is InChI=1S/C13H20FN/c1-3-4-5-9-13(15-2)11-7-6-8-12(14)10-11/h6-8,10,13,15H,3-5,9H2,1-2H3. The molecule has 1 atom stereocenters. The van der Waals surface area contributed by atoms with Gasteiger partial charge in [-0.05, 0) is 31.2 Å². The molecule has 1 aromatic carbocycles. The van der Waals surface area contributed by atoms with Gasteiger partial charge >= 0.3 is 0 Å². The molecule has 1 unspecified atom stereocenters. The average Bonchev–Trinajstić information content (AvgIpc) is 2.24. The monoisotopic (exact) mass is 209 g/mol. The van der Waals surface area contributed by atoms with E-state index >= 15 is 0 Å². The number of hydrogen-bond acceptors (Lipinski definition) is 1. The summed E-state index contributed by atoms with van der Waals surface area (Å²) in [6.07, 6.45) is 4.74. The second-order valence-electron chi connectivity index (χ2n) is 3.89. The summed E-state index contributed by atoms with van der Waals surface area (Å²) in [6, 6.07) is 7.15. The molecule has 0 saturated carbocycles. The lowest BCUT2D eigenvalue weighted by molar-refractivity contribution is 0.508. The number of unbranched alkanes of at least 4 members (excludes halogenated alkanes) is 2. The summed E-state index contributed by atoms with van der Waals surface area (Å²) in [5.41, 5.74) is 1.05. The van der Waals surface area contributed by atoms with Crippen LogP contribution >= 0.6 is 0 Å². The fraction of sp³-hybridized carbons (Fsp3) is 0.538. The molecule has 84 valence electrons. The Bertz CT molecular complexity index is 286. The minimum atomic E-state index is -0.150. The second-order valence-corrected chi connectivity index (χ2v) is 3.89. The molecular weight excluding hydrogens is 189 g/mol. The minimum Gasteiger partial charge on any atom is -0.313 e. The molecule has 0 fully saturated rings. The third-order valence-corrected chi connectivity index (χ3v) is 2.70. The van der Waals surface area contributed by atoms with Crippen molar-refractivity contribution in [3.05, 3.63) is 35.6 Å². The van der Waals surface area contributed by atoms with Crippen molar-refractivity contribution in [1.82, 2.24) is 5.32 Å². The van der Waals surface area contributed by atoms with Crippen molar-refractivity contribution in [3.8, 4) is 0 Å². The molecule has 0 bridgehead atoms. The second kappa shape index (κ2) is 6.57. The maximum Gasteiger partial charge on any atom is 0.123 e. The first kappa shape index (κ1) is 12.2. The van der Waals surface area contributed by atoms with Gasteiger partial charge in [-0.1, -0.05) is 38.3 Å². The Hall–Kier alpha value is -0.890. The van der Waals surface area contributed by atoms with Gasteiger partial charge in [-0.2, -0.15) is 0 Å². The van der Waals surface area contributed by atoms with Crippen LogP contribution in [0.4, 0.5) is 4.39 Å². The Morgan fingerprint density at radius 2 is 2.13 bits per heavy atom. The van der Waals surface area contributed by atoms with E-state index in [1.165, 1.54) is 25.3 Å². The van der Waals surface area contributed by atoms with Crippen LogP contribution in [0, 0.1) is 5.82 Å². The van der Waals surface area contributed by atoms with Crippen molar-refractivity contribution < 1.29 is 4.39 Å². The lowest BCUT2D eigenvalue weighted by Crippen LogP contribution is -2.16. The van der Waals surface area contributed by atoms with E-state index in [2.05, 4.69) is 12.2 Å². The van der Waals surface area contributed by atoms with Crippen molar-refractivity contribution >= 4 is 0 Å². The minimum absolute atomic E-state index is 0.150. The molecule has 0 radical (unpaired) electrons. The third kappa shape index (κ3) is 4.00. The lowest BCUT2D eigenvalue weighted by atomic mass is 10.0. The van der Waals surface area contributed by atoms with Gasteiger partial charge in [0.2, 0.25) is 0 Å². The molecule has 0 aliphatic rings. The zero-order valence-corrected chi connectivity index (χ0v) is 9.59. The summed E-state index contributed by atoms with van der Waals surface area (Å²) in [6.45, 7) is 2.19. The molecule has 0 aromatic heterocycles. The van der Waals surface area contributed by atoms with Gasteiger partial charge < -0.3 is 5.32 Å². The average molecular weight is 209 g/mol. The van der Waals surface area contributed by atoms with E-state index in [0.29, 0.717) is 0 Å². The van der Waals surface area contributed by atoms with Crippen molar-refractivity contribution in [1.29, 1.82) is 0 Å². The summed E-state index contributed by atoms with van der Waals surface area (Å²) in [5, 5.41) is 3.24. The fourth-order valence-corrected chi connectivity index (χ4v) is 1.80. The van der Waals surface area contributed by atoms with Gasteiger partial charge in [0.15, 0.2) is 0 Å². The van der Waals surface area contributed by atoms with Crippen molar-refractivity contribution in [3.63, 3.8) is 0 Å². The largest absolute Gasteiger partial charge is 0.313 e. The molecule has 2 heteroatoms. The van der Waals surface area contributed by atoms with Gasteiger partial charge in [-0.25, -0.2) is 4.39 Å². The first-order valence-electron chi connectivity index (χ1n) is 5.70. The Kier molecular flexibility index (Phi) is 5.33. The molecule has 0 heterocycles. The molecule has 15 heavy (non-hydrogen) atoms. The predicted octanol–water partition coefficient (Wildman–Crippen LogP) is 3.67. The zero-order chi connectivity index (χ0) is 11.1. The number of nitrogens with one attached hydrogen (secondary N) is 1. The molecule has 1 nitrogen and oxygen atoms in total. The number of halogens is 1. The van der Waals surface area contributed by atoms with E-state index in [0.717, 1.165) is 12.0 Å². The fourth-order valence-electron chi connectivity index (χ4n) is 1.80. The lowest BCUT2D eigenvalue weighted by Gasteiger charge is -2.16. The van der Waals surface area contributed by atoms with Gasteiger partial charge in [0, 0.05) is 6.04 Å². The van der Waals surface area contributed by atoms with Crippen molar-refractivity contribution in [2.45, 2.75) is 38.6 Å². The van der Waals surface area contributed by atoms with Crippen LogP contribution in [0.3, 0.4) is 0 Å². The van der Waals surface area contributed by atoms with Gasteiger partial charge in [0.25, 0.3) is 0 Å². The van der Waals surface area contributed by atoms with Crippen molar-refractivity contribution in [2.75, 3.05) is 7.05 Å². The predicted molar refractivity (Wildman–Crippen MR) is 62.3 cm³/mol. The van der Waals surface area contributed by atoms with Gasteiger partial charge in [0.1, 0.15) is 5.82 Å². The maximum absolute atomic E-state index is 13.0. The highest BCUT2D eigenvalue weighted by atomic mass is 19.1. The topological polar surface area (TPSA) is 12.0 Å². The van der Waals surface area contributed by atoms with Crippen LogP contribution in [0.2, 0.25) is 0 Å². The van der Waals surface area contributed by atoms with Crippen molar-refractivity contribution in [2.24, 2.45) is 0 Å². The Labute approximate surface area is 91.7 Å². The highest BCUT2D eigenvalue weighted by Crippen LogP contribution is 2.19. The van der Waals surface area contributed by atoms with Crippen LogP contribution in [0.25, 0.3) is 0 Å². The smallest absolute Gasteiger partial charge is 0.123 e. The van der Waals surface area contributed by atoms with E-state index in [-0.39, 0.29) is 11.9 Å². The molecular formula is C13H20FN. The summed E-state index contributed by atoms with van der Waals surface area (Å²) in [5.74, 6) is -0.150. The highest BCUT2D eigenvalue weighted by Gasteiger charge is 2.08. The SMILES string of the molecule is CCCCCC(NC)c1cccc(F)c1. The normalized spacial score (nSPS) is 12.7. The molecule has 0 aliphatic heterocycles. The zero-order valence-electron chi connectivity index (χ0n) is 9.59. The quantitative estimate of drug-likeness (QED) is 0.705. The number of benzene rings is 1.